The van der Waals surface area contributed by atoms with Gasteiger partial charge in [0.1, 0.15) is 0 Å². The number of thiophene rings is 1. The van der Waals surface area contributed by atoms with E-state index in [-0.39, 0.29) is 0 Å². The van der Waals surface area contributed by atoms with Gasteiger partial charge < -0.3 is 0 Å². The third-order valence-electron chi connectivity index (χ3n) is 1.64. The van der Waals surface area contributed by atoms with Crippen molar-refractivity contribution >= 4 is 45.8 Å². The standard InChI is InChI=1S/C6H5S.3CH3.Sn/c1-5-3-4-7-6(5)2;;;;/h3H,1-2H2;3*1H3;. The maximum absolute atomic E-state index is 3.94. The molecule has 0 atom stereocenters. The van der Waals surface area contributed by atoms with Crippen molar-refractivity contribution in [2.24, 2.45) is 0 Å². The van der Waals surface area contributed by atoms with Gasteiger partial charge in [-0.2, -0.15) is 0 Å². The second-order valence-corrected chi connectivity index (χ2v) is 20.4. The molecule has 0 fully saturated rings. The van der Waals surface area contributed by atoms with Gasteiger partial charge in [-0.05, 0) is 0 Å². The SMILES string of the molecule is C=c1c[c]([Sn]([CH3])([CH3])[CH3])sc1=C. The first kappa shape index (κ1) is 9.33. The average Bonchev–Trinajstić information content (AvgIpc) is 2.11. The fourth-order valence-corrected chi connectivity index (χ4v) is 7.21. The van der Waals surface area contributed by atoms with Crippen LogP contribution in [0.5, 0.6) is 0 Å². The molecular formula is C9H14SSn. The first-order chi connectivity index (χ1) is 4.91. The maximum atomic E-state index is 3.94. The molecule has 11 heavy (non-hydrogen) atoms. The van der Waals surface area contributed by atoms with E-state index in [0.29, 0.717) is 0 Å². The molecule has 0 saturated heterocycles. The van der Waals surface area contributed by atoms with Crippen LogP contribution in [0.3, 0.4) is 0 Å². The van der Waals surface area contributed by atoms with Crippen LogP contribution in [0.4, 0.5) is 0 Å². The van der Waals surface area contributed by atoms with Gasteiger partial charge in [-0.25, -0.2) is 0 Å². The molecule has 1 heterocycles. The Balaban J connectivity index is 3.29. The van der Waals surface area contributed by atoms with Gasteiger partial charge in [-0.3, -0.25) is 0 Å². The van der Waals surface area contributed by atoms with Crippen molar-refractivity contribution in [1.29, 1.82) is 0 Å². The molecule has 0 nitrogen and oxygen atoms in total. The Morgan fingerprint density at radius 1 is 1.27 bits per heavy atom. The molecule has 0 saturated carbocycles. The van der Waals surface area contributed by atoms with Gasteiger partial charge in [-0.15, -0.1) is 0 Å². The summed E-state index contributed by atoms with van der Waals surface area (Å²) in [5.41, 5.74) is 0. The van der Waals surface area contributed by atoms with E-state index in [2.05, 4.69) is 34.0 Å². The van der Waals surface area contributed by atoms with E-state index >= 15 is 0 Å². The molecule has 1 aromatic rings. The normalized spacial score (nSPS) is 11.9. The predicted octanol–water partition coefficient (Wildman–Crippen LogP) is 1.11. The van der Waals surface area contributed by atoms with Crippen LogP contribution in [-0.2, 0) is 0 Å². The zero-order valence-electron chi connectivity index (χ0n) is 7.40. The van der Waals surface area contributed by atoms with Gasteiger partial charge in [0.05, 0.1) is 0 Å². The minimum absolute atomic E-state index is 1.12. The Kier molecular flexibility index (Phi) is 2.49. The fraction of sp³-hybridized carbons (Fsp3) is 0.333. The molecule has 0 aliphatic carbocycles. The van der Waals surface area contributed by atoms with Crippen LogP contribution in [0.25, 0.3) is 13.2 Å². The molecule has 1 rings (SSSR count). The molecule has 0 aliphatic rings. The minimum atomic E-state index is -1.80. The second-order valence-electron chi connectivity index (χ2n) is 3.81. The summed E-state index contributed by atoms with van der Waals surface area (Å²) in [6, 6.07) is 2.23. The molecule has 0 spiro atoms. The molecular weight excluding hydrogens is 259 g/mol. The van der Waals surface area contributed by atoms with E-state index in [9.17, 15) is 0 Å². The van der Waals surface area contributed by atoms with Crippen LogP contribution in [0, 0.1) is 0 Å². The fourth-order valence-electron chi connectivity index (χ4n) is 0.836. The van der Waals surface area contributed by atoms with E-state index in [4.69, 9.17) is 0 Å². The van der Waals surface area contributed by atoms with Crippen LogP contribution >= 0.6 is 11.3 Å². The summed E-state index contributed by atoms with van der Waals surface area (Å²) in [4.78, 5) is 7.25. The van der Waals surface area contributed by atoms with Gasteiger partial charge in [0.2, 0.25) is 0 Å². The van der Waals surface area contributed by atoms with Crippen LogP contribution in [0.15, 0.2) is 6.07 Å². The van der Waals surface area contributed by atoms with Crippen molar-refractivity contribution in [3.05, 3.63) is 15.8 Å². The van der Waals surface area contributed by atoms with Gasteiger partial charge in [0, 0.05) is 0 Å². The Labute approximate surface area is 76.1 Å². The Bertz CT molecular complexity index is 315. The Morgan fingerprint density at radius 3 is 2.00 bits per heavy atom. The summed E-state index contributed by atoms with van der Waals surface area (Å²) < 4.78 is 2.72. The summed E-state index contributed by atoms with van der Waals surface area (Å²) in [6.45, 7) is 7.88. The molecule has 60 valence electrons. The molecule has 0 N–H and O–H groups in total. The van der Waals surface area contributed by atoms with Gasteiger partial charge >= 0.3 is 76.4 Å². The molecule has 0 aromatic carbocycles. The summed E-state index contributed by atoms with van der Waals surface area (Å²) in [7, 11) is 0. The van der Waals surface area contributed by atoms with E-state index in [1.54, 1.807) is 2.89 Å². The first-order valence-electron chi connectivity index (χ1n) is 3.69. The van der Waals surface area contributed by atoms with Crippen molar-refractivity contribution in [2.45, 2.75) is 14.8 Å². The Morgan fingerprint density at radius 2 is 1.82 bits per heavy atom. The quantitative estimate of drug-likeness (QED) is 0.672. The van der Waals surface area contributed by atoms with E-state index in [1.807, 2.05) is 11.3 Å². The number of hydrogen-bond donors (Lipinski definition) is 0. The Hall–Kier alpha value is 0.239. The second kappa shape index (κ2) is 2.94. The number of hydrogen-bond acceptors (Lipinski definition) is 1. The van der Waals surface area contributed by atoms with Crippen molar-refractivity contribution in [1.82, 2.24) is 0 Å². The summed E-state index contributed by atoms with van der Waals surface area (Å²) in [5.74, 6) is 0. The van der Waals surface area contributed by atoms with E-state index < -0.39 is 18.4 Å². The third-order valence-corrected chi connectivity index (χ3v) is 12.1. The van der Waals surface area contributed by atoms with Crippen LogP contribution in [0.2, 0.25) is 14.8 Å². The molecule has 1 aromatic heterocycles. The zero-order valence-corrected chi connectivity index (χ0v) is 11.1. The summed E-state index contributed by atoms with van der Waals surface area (Å²) in [5, 5.41) is 1.12. The van der Waals surface area contributed by atoms with Crippen molar-refractivity contribution < 1.29 is 0 Å². The molecule has 0 unspecified atom stereocenters. The van der Waals surface area contributed by atoms with Gasteiger partial charge in [0.15, 0.2) is 0 Å². The van der Waals surface area contributed by atoms with E-state index in [1.165, 1.54) is 0 Å². The van der Waals surface area contributed by atoms with E-state index in [0.717, 1.165) is 9.75 Å². The monoisotopic (exact) mass is 274 g/mol. The molecule has 0 bridgehead atoms. The molecule has 0 amide bonds. The van der Waals surface area contributed by atoms with Crippen LogP contribution < -0.4 is 12.6 Å². The van der Waals surface area contributed by atoms with Crippen LogP contribution in [0.1, 0.15) is 0 Å². The average molecular weight is 273 g/mol. The molecule has 0 aliphatic heterocycles. The number of rotatable bonds is 1. The molecule has 2 heteroatoms. The van der Waals surface area contributed by atoms with Crippen molar-refractivity contribution in [3.8, 4) is 0 Å². The van der Waals surface area contributed by atoms with Crippen molar-refractivity contribution in [2.75, 3.05) is 0 Å². The summed E-state index contributed by atoms with van der Waals surface area (Å²) >= 11 is 0.0453. The summed E-state index contributed by atoms with van der Waals surface area (Å²) in [6.07, 6.45) is 0. The third kappa shape index (κ3) is 2.09. The predicted molar refractivity (Wildman–Crippen MR) is 57.6 cm³/mol. The van der Waals surface area contributed by atoms with Crippen molar-refractivity contribution in [3.63, 3.8) is 0 Å². The first-order valence-corrected chi connectivity index (χ1v) is 14.5. The molecule has 0 radical (unpaired) electrons. The zero-order chi connectivity index (χ0) is 8.65. The van der Waals surface area contributed by atoms with Gasteiger partial charge in [0.25, 0.3) is 0 Å². The van der Waals surface area contributed by atoms with Gasteiger partial charge in [-0.1, -0.05) is 0 Å². The van der Waals surface area contributed by atoms with Crippen LogP contribution in [-0.4, -0.2) is 18.4 Å². The topological polar surface area (TPSA) is 0 Å².